The molecule has 0 saturated carbocycles. The fourth-order valence-corrected chi connectivity index (χ4v) is 1.39. The van der Waals surface area contributed by atoms with Crippen molar-refractivity contribution in [2.45, 2.75) is 19.9 Å². The van der Waals surface area contributed by atoms with E-state index in [1.165, 1.54) is 6.07 Å². The molecular formula is C11H15ClFNO. The van der Waals surface area contributed by atoms with Crippen molar-refractivity contribution in [1.82, 2.24) is 0 Å². The van der Waals surface area contributed by atoms with Gasteiger partial charge in [-0.05, 0) is 26.0 Å². The average Bonchev–Trinajstić information content (AvgIpc) is 2.22. The third-order valence-corrected chi connectivity index (χ3v) is 2.22. The summed E-state index contributed by atoms with van der Waals surface area (Å²) in [4.78, 5) is 0. The highest BCUT2D eigenvalue weighted by Gasteiger charge is 2.08. The molecule has 1 unspecified atom stereocenters. The Balaban J connectivity index is 2.60. The van der Waals surface area contributed by atoms with Crippen LogP contribution in [0.2, 0.25) is 5.02 Å². The smallest absolute Gasteiger partial charge is 0.164 e. The second kappa shape index (κ2) is 5.93. The maximum absolute atomic E-state index is 13.4. The van der Waals surface area contributed by atoms with Crippen molar-refractivity contribution in [2.75, 3.05) is 18.5 Å². The number of halogens is 2. The van der Waals surface area contributed by atoms with Crippen LogP contribution in [0, 0.1) is 5.82 Å². The van der Waals surface area contributed by atoms with E-state index in [0.717, 1.165) is 0 Å². The Kier molecular flexibility index (Phi) is 4.85. The first-order chi connectivity index (χ1) is 7.15. The summed E-state index contributed by atoms with van der Waals surface area (Å²) in [7, 11) is 0. The van der Waals surface area contributed by atoms with Gasteiger partial charge in [0.25, 0.3) is 0 Å². The highest BCUT2D eigenvalue weighted by molar-refractivity contribution is 6.31. The summed E-state index contributed by atoms with van der Waals surface area (Å²) in [5.74, 6) is -0.414. The van der Waals surface area contributed by atoms with Gasteiger partial charge in [-0.2, -0.15) is 0 Å². The van der Waals surface area contributed by atoms with E-state index in [9.17, 15) is 4.39 Å². The molecule has 0 aromatic heterocycles. The Morgan fingerprint density at radius 2 is 2.27 bits per heavy atom. The quantitative estimate of drug-likeness (QED) is 0.840. The molecule has 0 radical (unpaired) electrons. The Morgan fingerprint density at radius 3 is 2.93 bits per heavy atom. The van der Waals surface area contributed by atoms with E-state index in [2.05, 4.69) is 5.32 Å². The first-order valence-corrected chi connectivity index (χ1v) is 5.31. The summed E-state index contributed by atoms with van der Waals surface area (Å²) in [6.07, 6.45) is 0. The first-order valence-electron chi connectivity index (χ1n) is 4.93. The van der Waals surface area contributed by atoms with Crippen LogP contribution >= 0.6 is 11.6 Å². The van der Waals surface area contributed by atoms with Crippen molar-refractivity contribution in [2.24, 2.45) is 0 Å². The molecule has 0 spiro atoms. The van der Waals surface area contributed by atoms with E-state index in [1.54, 1.807) is 12.1 Å². The minimum Gasteiger partial charge on any atom is -0.380 e. The summed E-state index contributed by atoms with van der Waals surface area (Å²) in [5.41, 5.74) is 0.412. The van der Waals surface area contributed by atoms with Crippen LogP contribution in [0.5, 0.6) is 0 Å². The molecule has 0 bridgehead atoms. The maximum Gasteiger partial charge on any atom is 0.164 e. The molecule has 0 fully saturated rings. The second-order valence-corrected chi connectivity index (χ2v) is 3.71. The van der Waals surface area contributed by atoms with Crippen LogP contribution in [-0.4, -0.2) is 19.3 Å². The zero-order chi connectivity index (χ0) is 11.3. The van der Waals surface area contributed by atoms with Gasteiger partial charge in [-0.3, -0.25) is 0 Å². The molecule has 15 heavy (non-hydrogen) atoms. The van der Waals surface area contributed by atoms with E-state index in [1.807, 2.05) is 13.8 Å². The van der Waals surface area contributed by atoms with Gasteiger partial charge in [0.05, 0.1) is 17.3 Å². The molecular weight excluding hydrogens is 217 g/mol. The lowest BCUT2D eigenvalue weighted by molar-refractivity contribution is 0.141. The number of anilines is 1. The van der Waals surface area contributed by atoms with Crippen molar-refractivity contribution in [1.29, 1.82) is 0 Å². The predicted octanol–water partition coefficient (Wildman–Crippen LogP) is 3.32. The van der Waals surface area contributed by atoms with Gasteiger partial charge in [-0.25, -0.2) is 4.39 Å². The van der Waals surface area contributed by atoms with Gasteiger partial charge >= 0.3 is 0 Å². The summed E-state index contributed by atoms with van der Waals surface area (Å²) in [5, 5.41) is 3.13. The molecule has 1 rings (SSSR count). The van der Waals surface area contributed by atoms with Gasteiger partial charge in [-0.15, -0.1) is 0 Å². The molecule has 1 aromatic rings. The molecule has 4 heteroatoms. The number of hydrogen-bond acceptors (Lipinski definition) is 2. The number of rotatable bonds is 5. The van der Waals surface area contributed by atoms with Crippen LogP contribution in [0.15, 0.2) is 18.2 Å². The van der Waals surface area contributed by atoms with Crippen LogP contribution in [0.3, 0.4) is 0 Å². The molecule has 0 aliphatic heterocycles. The second-order valence-electron chi connectivity index (χ2n) is 3.31. The summed E-state index contributed by atoms with van der Waals surface area (Å²) in [6, 6.07) is 4.94. The van der Waals surface area contributed by atoms with Crippen molar-refractivity contribution in [3.05, 3.63) is 29.0 Å². The molecule has 1 atom stereocenters. The van der Waals surface area contributed by atoms with Crippen LogP contribution in [-0.2, 0) is 4.74 Å². The Morgan fingerprint density at radius 1 is 1.53 bits per heavy atom. The van der Waals surface area contributed by atoms with E-state index in [4.69, 9.17) is 16.3 Å². The minimum atomic E-state index is -0.414. The molecule has 1 N–H and O–H groups in total. The lowest BCUT2D eigenvalue weighted by Crippen LogP contribution is -2.22. The Hall–Kier alpha value is -0.800. The minimum absolute atomic E-state index is 0.0536. The van der Waals surface area contributed by atoms with Crippen LogP contribution in [0.4, 0.5) is 10.1 Å². The third-order valence-electron chi connectivity index (χ3n) is 1.93. The monoisotopic (exact) mass is 231 g/mol. The first kappa shape index (κ1) is 12.3. The lowest BCUT2D eigenvalue weighted by atomic mass is 10.2. The average molecular weight is 232 g/mol. The molecule has 1 aromatic carbocycles. The van der Waals surface area contributed by atoms with Gasteiger partial charge in [0.15, 0.2) is 5.82 Å². The highest BCUT2D eigenvalue weighted by Crippen LogP contribution is 2.22. The Bertz CT molecular complexity index is 319. The predicted molar refractivity (Wildman–Crippen MR) is 61.0 cm³/mol. The van der Waals surface area contributed by atoms with Gasteiger partial charge < -0.3 is 10.1 Å². The van der Waals surface area contributed by atoms with Crippen molar-refractivity contribution < 1.29 is 9.13 Å². The van der Waals surface area contributed by atoms with E-state index in [0.29, 0.717) is 18.9 Å². The van der Waals surface area contributed by atoms with Gasteiger partial charge in [0.2, 0.25) is 0 Å². The SMILES string of the molecule is CCOCC(C)Nc1cccc(Cl)c1F. The topological polar surface area (TPSA) is 21.3 Å². The van der Waals surface area contributed by atoms with Crippen molar-refractivity contribution >= 4 is 17.3 Å². The Labute approximate surface area is 94.4 Å². The van der Waals surface area contributed by atoms with Crippen molar-refractivity contribution in [3.63, 3.8) is 0 Å². The third kappa shape index (κ3) is 3.68. The zero-order valence-corrected chi connectivity index (χ0v) is 9.64. The fourth-order valence-electron chi connectivity index (χ4n) is 1.22. The maximum atomic E-state index is 13.4. The fraction of sp³-hybridized carbons (Fsp3) is 0.455. The van der Waals surface area contributed by atoms with Gasteiger partial charge in [0, 0.05) is 12.6 Å². The number of nitrogens with one attached hydrogen (secondary N) is 1. The molecule has 0 aliphatic carbocycles. The normalized spacial score (nSPS) is 12.5. The molecule has 0 saturated heterocycles. The van der Waals surface area contributed by atoms with E-state index >= 15 is 0 Å². The van der Waals surface area contributed by atoms with E-state index < -0.39 is 5.82 Å². The molecule has 0 heterocycles. The highest BCUT2D eigenvalue weighted by atomic mass is 35.5. The van der Waals surface area contributed by atoms with Crippen LogP contribution in [0.1, 0.15) is 13.8 Å². The number of hydrogen-bond donors (Lipinski definition) is 1. The standard InChI is InChI=1S/C11H15ClFNO/c1-3-15-7-8(2)14-10-6-4-5-9(12)11(10)13/h4-6,8,14H,3,7H2,1-2H3. The molecule has 0 amide bonds. The summed E-state index contributed by atoms with van der Waals surface area (Å²) >= 11 is 5.66. The van der Waals surface area contributed by atoms with E-state index in [-0.39, 0.29) is 11.1 Å². The van der Waals surface area contributed by atoms with Crippen LogP contribution in [0.25, 0.3) is 0 Å². The number of ether oxygens (including phenoxy) is 1. The van der Waals surface area contributed by atoms with Crippen LogP contribution < -0.4 is 5.32 Å². The largest absolute Gasteiger partial charge is 0.380 e. The lowest BCUT2D eigenvalue weighted by Gasteiger charge is -2.15. The summed E-state index contributed by atoms with van der Waals surface area (Å²) < 4.78 is 18.7. The molecule has 84 valence electrons. The van der Waals surface area contributed by atoms with Crippen molar-refractivity contribution in [3.8, 4) is 0 Å². The van der Waals surface area contributed by atoms with Gasteiger partial charge in [0.1, 0.15) is 0 Å². The zero-order valence-electron chi connectivity index (χ0n) is 8.89. The summed E-state index contributed by atoms with van der Waals surface area (Å²) in [6.45, 7) is 5.05. The molecule has 2 nitrogen and oxygen atoms in total. The number of benzene rings is 1. The molecule has 0 aliphatic rings. The van der Waals surface area contributed by atoms with Gasteiger partial charge in [-0.1, -0.05) is 17.7 Å².